The van der Waals surface area contributed by atoms with Crippen molar-refractivity contribution in [3.8, 4) is 0 Å². The molecular formula is C24H30N4O. The van der Waals surface area contributed by atoms with E-state index in [1.54, 1.807) is 0 Å². The molecule has 29 heavy (non-hydrogen) atoms. The number of benzene rings is 2. The van der Waals surface area contributed by atoms with Gasteiger partial charge in [0.1, 0.15) is 5.60 Å². The first kappa shape index (κ1) is 19.8. The highest BCUT2D eigenvalue weighted by Crippen LogP contribution is 2.35. The van der Waals surface area contributed by atoms with Crippen molar-refractivity contribution in [2.45, 2.75) is 31.2 Å². The molecule has 5 nitrogen and oxygen atoms in total. The number of aliphatic hydroxyl groups is 1. The number of hydrogen-bond acceptors (Lipinski definition) is 4. The second-order valence-electron chi connectivity index (χ2n) is 8.23. The first-order valence-electron chi connectivity index (χ1n) is 10.3. The van der Waals surface area contributed by atoms with E-state index in [0.717, 1.165) is 38.2 Å². The summed E-state index contributed by atoms with van der Waals surface area (Å²) in [5.74, 6) is 0. The highest BCUT2D eigenvalue weighted by atomic mass is 16.3. The highest BCUT2D eigenvalue weighted by molar-refractivity contribution is 5.29. The normalized spacial score (nSPS) is 22.8. The van der Waals surface area contributed by atoms with Crippen LogP contribution in [0.2, 0.25) is 0 Å². The fourth-order valence-electron chi connectivity index (χ4n) is 4.45. The van der Waals surface area contributed by atoms with Gasteiger partial charge in [-0.05, 0) is 43.3 Å². The molecule has 4 rings (SSSR count). The van der Waals surface area contributed by atoms with Crippen LogP contribution in [0.3, 0.4) is 0 Å². The number of likely N-dealkylation sites (tertiary alicyclic amines) is 1. The molecule has 0 spiro atoms. The summed E-state index contributed by atoms with van der Waals surface area (Å²) in [6.07, 6.45) is 4.54. The minimum atomic E-state index is -0.824. The summed E-state index contributed by atoms with van der Waals surface area (Å²) in [5, 5.41) is 16.0. The Morgan fingerprint density at radius 3 is 2.34 bits per heavy atom. The van der Waals surface area contributed by atoms with Gasteiger partial charge in [0.2, 0.25) is 0 Å². The molecule has 0 radical (unpaired) electrons. The van der Waals surface area contributed by atoms with Gasteiger partial charge in [-0.25, -0.2) is 0 Å². The van der Waals surface area contributed by atoms with E-state index in [9.17, 15) is 5.11 Å². The Morgan fingerprint density at radius 2 is 1.69 bits per heavy atom. The van der Waals surface area contributed by atoms with Crippen LogP contribution < -0.4 is 0 Å². The maximum Gasteiger partial charge on any atom is 0.107 e. The molecule has 1 fully saturated rings. The van der Waals surface area contributed by atoms with E-state index in [1.165, 1.54) is 11.1 Å². The van der Waals surface area contributed by atoms with E-state index in [2.05, 4.69) is 53.3 Å². The second kappa shape index (κ2) is 8.49. The van der Waals surface area contributed by atoms with Crippen LogP contribution in [-0.2, 0) is 18.7 Å². The van der Waals surface area contributed by atoms with E-state index >= 15 is 0 Å². The van der Waals surface area contributed by atoms with E-state index in [1.807, 2.05) is 53.5 Å². The molecule has 5 heteroatoms. The van der Waals surface area contributed by atoms with Gasteiger partial charge in [-0.1, -0.05) is 54.6 Å². The minimum absolute atomic E-state index is 0.0388. The number of hydrogen-bond donors (Lipinski definition) is 1. The Balaban J connectivity index is 1.52. The summed E-state index contributed by atoms with van der Waals surface area (Å²) in [4.78, 5) is 4.62. The lowest BCUT2D eigenvalue weighted by molar-refractivity contribution is -0.0893. The largest absolute Gasteiger partial charge is 0.383 e. The fourth-order valence-corrected chi connectivity index (χ4v) is 4.45. The van der Waals surface area contributed by atoms with Gasteiger partial charge < -0.3 is 10.0 Å². The Morgan fingerprint density at radius 1 is 1.00 bits per heavy atom. The summed E-state index contributed by atoms with van der Waals surface area (Å²) < 4.78 is 1.96. The lowest BCUT2D eigenvalue weighted by Gasteiger charge is -2.47. The molecule has 2 aromatic carbocycles. The topological polar surface area (TPSA) is 44.5 Å². The van der Waals surface area contributed by atoms with Crippen molar-refractivity contribution in [3.05, 3.63) is 89.7 Å². The zero-order valence-corrected chi connectivity index (χ0v) is 17.3. The molecule has 1 N–H and O–H groups in total. The standard InChI is InChI=1S/C24H30N4O/c1-26(2)23-19-27(16-13-24(23,29)22-11-4-3-5-12-22)17-20-9-6-7-10-21(20)18-28-15-8-14-25-28/h3-12,14-15,23,29H,13,16-19H2,1-2H3/t23-,24+/m1/s1. The Hall–Kier alpha value is -2.47. The van der Waals surface area contributed by atoms with Crippen LogP contribution in [0, 0.1) is 0 Å². The molecule has 0 saturated carbocycles. The van der Waals surface area contributed by atoms with Gasteiger partial charge in [0, 0.05) is 32.0 Å². The SMILES string of the molecule is CN(C)[C@@H]1CN(Cc2ccccc2Cn2cccn2)CC[C@]1(O)c1ccccc1. The third-order valence-electron chi connectivity index (χ3n) is 6.09. The van der Waals surface area contributed by atoms with Crippen molar-refractivity contribution < 1.29 is 5.11 Å². The molecule has 3 aromatic rings. The molecule has 2 atom stereocenters. The summed E-state index contributed by atoms with van der Waals surface area (Å²) >= 11 is 0. The lowest BCUT2D eigenvalue weighted by Crippen LogP contribution is -2.58. The van der Waals surface area contributed by atoms with Crippen molar-refractivity contribution in [2.75, 3.05) is 27.2 Å². The summed E-state index contributed by atoms with van der Waals surface area (Å²) in [6, 6.07) is 20.7. The van der Waals surface area contributed by atoms with Crippen molar-refractivity contribution in [2.24, 2.45) is 0 Å². The van der Waals surface area contributed by atoms with Gasteiger partial charge in [0.25, 0.3) is 0 Å². The van der Waals surface area contributed by atoms with Crippen LogP contribution in [0.25, 0.3) is 0 Å². The van der Waals surface area contributed by atoms with Crippen molar-refractivity contribution in [1.29, 1.82) is 0 Å². The molecule has 1 aliphatic rings. The maximum atomic E-state index is 11.6. The van der Waals surface area contributed by atoms with E-state index in [4.69, 9.17) is 0 Å². The predicted octanol–water partition coefficient (Wildman–Crippen LogP) is 2.96. The van der Waals surface area contributed by atoms with Crippen LogP contribution in [-0.4, -0.2) is 57.9 Å². The first-order chi connectivity index (χ1) is 14.1. The van der Waals surface area contributed by atoms with Crippen molar-refractivity contribution in [3.63, 3.8) is 0 Å². The monoisotopic (exact) mass is 390 g/mol. The van der Waals surface area contributed by atoms with E-state index in [-0.39, 0.29) is 6.04 Å². The number of piperidine rings is 1. The summed E-state index contributed by atoms with van der Waals surface area (Å²) in [7, 11) is 4.13. The smallest absolute Gasteiger partial charge is 0.107 e. The average Bonchev–Trinajstić information content (AvgIpc) is 3.24. The van der Waals surface area contributed by atoms with Gasteiger partial charge in [-0.15, -0.1) is 0 Å². The molecule has 152 valence electrons. The third-order valence-corrected chi connectivity index (χ3v) is 6.09. The van der Waals surface area contributed by atoms with Gasteiger partial charge in [0.05, 0.1) is 12.6 Å². The molecule has 0 unspecified atom stereocenters. The Bertz CT molecular complexity index is 910. The van der Waals surface area contributed by atoms with Crippen LogP contribution >= 0.6 is 0 Å². The second-order valence-corrected chi connectivity index (χ2v) is 8.23. The average molecular weight is 391 g/mol. The molecule has 2 heterocycles. The van der Waals surface area contributed by atoms with Crippen LogP contribution in [0.1, 0.15) is 23.1 Å². The Kier molecular flexibility index (Phi) is 5.81. The molecule has 0 bridgehead atoms. The molecular weight excluding hydrogens is 360 g/mol. The first-order valence-corrected chi connectivity index (χ1v) is 10.3. The quantitative estimate of drug-likeness (QED) is 0.703. The fraction of sp³-hybridized carbons (Fsp3) is 0.375. The number of likely N-dealkylation sites (N-methyl/N-ethyl adjacent to an activating group) is 1. The van der Waals surface area contributed by atoms with Gasteiger partial charge >= 0.3 is 0 Å². The van der Waals surface area contributed by atoms with E-state index < -0.39 is 5.60 Å². The van der Waals surface area contributed by atoms with Gasteiger partial charge in [-0.3, -0.25) is 9.58 Å². The zero-order valence-electron chi connectivity index (χ0n) is 17.3. The molecule has 1 aromatic heterocycles. The molecule has 1 aliphatic heterocycles. The van der Waals surface area contributed by atoms with Gasteiger partial charge in [-0.2, -0.15) is 5.10 Å². The summed E-state index contributed by atoms with van der Waals surface area (Å²) in [6.45, 7) is 3.36. The van der Waals surface area contributed by atoms with Crippen molar-refractivity contribution >= 4 is 0 Å². The predicted molar refractivity (Wildman–Crippen MR) is 115 cm³/mol. The molecule has 0 amide bonds. The Labute approximate surface area is 173 Å². The molecule has 0 aliphatic carbocycles. The molecule has 1 saturated heterocycles. The van der Waals surface area contributed by atoms with E-state index in [0.29, 0.717) is 0 Å². The number of aromatic nitrogens is 2. The number of nitrogens with zero attached hydrogens (tertiary/aromatic N) is 4. The lowest BCUT2D eigenvalue weighted by atomic mass is 9.79. The zero-order chi connectivity index (χ0) is 20.3. The highest BCUT2D eigenvalue weighted by Gasteiger charge is 2.43. The van der Waals surface area contributed by atoms with Gasteiger partial charge in [0.15, 0.2) is 0 Å². The van der Waals surface area contributed by atoms with Crippen LogP contribution in [0.4, 0.5) is 0 Å². The maximum absolute atomic E-state index is 11.6. The van der Waals surface area contributed by atoms with Crippen LogP contribution in [0.5, 0.6) is 0 Å². The minimum Gasteiger partial charge on any atom is -0.383 e. The van der Waals surface area contributed by atoms with Crippen molar-refractivity contribution in [1.82, 2.24) is 19.6 Å². The third kappa shape index (κ3) is 4.27. The summed E-state index contributed by atoms with van der Waals surface area (Å²) in [5.41, 5.74) is 2.81. The van der Waals surface area contributed by atoms with Crippen LogP contribution in [0.15, 0.2) is 73.1 Å². The number of rotatable bonds is 6.